The van der Waals surface area contributed by atoms with Crippen molar-refractivity contribution in [1.82, 2.24) is 20.2 Å². The largest absolute Gasteiger partial charge is 0.469 e. The van der Waals surface area contributed by atoms with Crippen molar-refractivity contribution in [3.05, 3.63) is 0 Å². The minimum Gasteiger partial charge on any atom is -0.469 e. The molecular formula is C8H14N4O3S. The van der Waals surface area contributed by atoms with E-state index in [0.29, 0.717) is 24.5 Å². The molecule has 90 valence electrons. The number of thioether (sulfide) groups is 1. The van der Waals surface area contributed by atoms with Crippen LogP contribution in [0.3, 0.4) is 0 Å². The van der Waals surface area contributed by atoms with Gasteiger partial charge < -0.3 is 9.84 Å². The second kappa shape index (κ2) is 7.18. The first-order valence-electron chi connectivity index (χ1n) is 4.84. The average Bonchev–Trinajstić information content (AvgIpc) is 2.72. The van der Waals surface area contributed by atoms with Crippen molar-refractivity contribution in [1.29, 1.82) is 0 Å². The summed E-state index contributed by atoms with van der Waals surface area (Å²) in [5.74, 6) is 0.525. The fourth-order valence-electron chi connectivity index (χ4n) is 1.02. The molecule has 8 heteroatoms. The van der Waals surface area contributed by atoms with Crippen molar-refractivity contribution < 1.29 is 14.6 Å². The number of nitrogens with zero attached hydrogens (tertiary/aromatic N) is 4. The number of aliphatic hydroxyl groups is 1. The summed E-state index contributed by atoms with van der Waals surface area (Å²) in [7, 11) is 1.37. The molecule has 0 bridgehead atoms. The first-order valence-corrected chi connectivity index (χ1v) is 5.83. The Hall–Kier alpha value is -1.15. The Morgan fingerprint density at radius 2 is 2.44 bits per heavy atom. The third-order valence-electron chi connectivity index (χ3n) is 1.79. The predicted octanol–water partition coefficient (Wildman–Crippen LogP) is -0.289. The Morgan fingerprint density at radius 1 is 1.62 bits per heavy atom. The molecule has 0 aliphatic carbocycles. The number of aliphatic hydroxyl groups excluding tert-OH is 1. The van der Waals surface area contributed by atoms with Gasteiger partial charge in [0.25, 0.3) is 0 Å². The molecule has 1 N–H and O–H groups in total. The van der Waals surface area contributed by atoms with Crippen LogP contribution in [0.4, 0.5) is 0 Å². The highest BCUT2D eigenvalue weighted by Gasteiger charge is 2.06. The first kappa shape index (κ1) is 12.9. The molecule has 1 aromatic rings. The van der Waals surface area contributed by atoms with E-state index in [-0.39, 0.29) is 12.6 Å². The van der Waals surface area contributed by atoms with Gasteiger partial charge >= 0.3 is 5.97 Å². The van der Waals surface area contributed by atoms with Crippen molar-refractivity contribution in [2.45, 2.75) is 24.5 Å². The van der Waals surface area contributed by atoms with E-state index in [0.717, 1.165) is 5.75 Å². The number of methoxy groups -OCH3 is 1. The van der Waals surface area contributed by atoms with E-state index in [1.54, 1.807) is 0 Å². The quantitative estimate of drug-likeness (QED) is 0.401. The Balaban J connectivity index is 2.26. The summed E-state index contributed by atoms with van der Waals surface area (Å²) in [6.07, 6.45) is 1.11. The molecule has 1 aromatic heterocycles. The van der Waals surface area contributed by atoms with E-state index in [2.05, 4.69) is 20.3 Å². The number of aromatic nitrogens is 4. The van der Waals surface area contributed by atoms with Crippen LogP contribution in [-0.2, 0) is 16.1 Å². The molecule has 0 unspecified atom stereocenters. The lowest BCUT2D eigenvalue weighted by atomic mass is 10.3. The van der Waals surface area contributed by atoms with Gasteiger partial charge in [0.2, 0.25) is 5.16 Å². The van der Waals surface area contributed by atoms with Gasteiger partial charge in [-0.2, -0.15) is 0 Å². The van der Waals surface area contributed by atoms with Crippen LogP contribution < -0.4 is 0 Å². The van der Waals surface area contributed by atoms with Crippen molar-refractivity contribution in [2.24, 2.45) is 0 Å². The lowest BCUT2D eigenvalue weighted by Gasteiger charge is -2.01. The highest BCUT2D eigenvalue weighted by molar-refractivity contribution is 7.99. The molecule has 0 saturated carbocycles. The summed E-state index contributed by atoms with van der Waals surface area (Å²) < 4.78 is 6.05. The summed E-state index contributed by atoms with van der Waals surface area (Å²) in [4.78, 5) is 10.8. The SMILES string of the molecule is COC(=O)CCCSc1nnnn1CCO. The summed E-state index contributed by atoms with van der Waals surface area (Å²) >= 11 is 1.45. The number of tetrazole rings is 1. The lowest BCUT2D eigenvalue weighted by molar-refractivity contribution is -0.140. The monoisotopic (exact) mass is 246 g/mol. The van der Waals surface area contributed by atoms with Gasteiger partial charge in [-0.3, -0.25) is 4.79 Å². The molecule has 0 aliphatic heterocycles. The number of carbonyl (C=O) groups is 1. The minimum absolute atomic E-state index is 0.000755. The highest BCUT2D eigenvalue weighted by Crippen LogP contribution is 2.15. The molecule has 0 fully saturated rings. The smallest absolute Gasteiger partial charge is 0.305 e. The molecule has 0 spiro atoms. The molecule has 0 aromatic carbocycles. The number of hydrogen-bond acceptors (Lipinski definition) is 7. The van der Waals surface area contributed by atoms with Gasteiger partial charge in [0, 0.05) is 12.2 Å². The van der Waals surface area contributed by atoms with Crippen molar-refractivity contribution >= 4 is 17.7 Å². The van der Waals surface area contributed by atoms with Crippen LogP contribution in [0.5, 0.6) is 0 Å². The first-order chi connectivity index (χ1) is 7.77. The molecule has 0 radical (unpaired) electrons. The normalized spacial score (nSPS) is 10.4. The second-order valence-electron chi connectivity index (χ2n) is 2.94. The third kappa shape index (κ3) is 4.15. The molecule has 1 heterocycles. The third-order valence-corrected chi connectivity index (χ3v) is 2.84. The molecule has 0 saturated heterocycles. The number of carbonyl (C=O) groups excluding carboxylic acids is 1. The average molecular weight is 246 g/mol. The van der Waals surface area contributed by atoms with Crippen molar-refractivity contribution in [2.75, 3.05) is 19.5 Å². The van der Waals surface area contributed by atoms with Crippen molar-refractivity contribution in [3.8, 4) is 0 Å². The van der Waals surface area contributed by atoms with Crippen LogP contribution >= 0.6 is 11.8 Å². The molecule has 0 aliphatic rings. The number of esters is 1. The van der Waals surface area contributed by atoms with Crippen LogP contribution in [0.15, 0.2) is 5.16 Å². The van der Waals surface area contributed by atoms with E-state index in [1.165, 1.54) is 23.6 Å². The minimum atomic E-state index is -0.212. The van der Waals surface area contributed by atoms with Crippen LogP contribution in [0.1, 0.15) is 12.8 Å². The van der Waals surface area contributed by atoms with Crippen LogP contribution in [0.25, 0.3) is 0 Å². The molecule has 0 amide bonds. The fraction of sp³-hybridized carbons (Fsp3) is 0.750. The molecule has 7 nitrogen and oxygen atoms in total. The van der Waals surface area contributed by atoms with Crippen molar-refractivity contribution in [3.63, 3.8) is 0 Å². The Labute approximate surface area is 97.2 Å². The number of hydrogen-bond donors (Lipinski definition) is 1. The van der Waals surface area contributed by atoms with Gasteiger partial charge in [-0.1, -0.05) is 11.8 Å². The maximum atomic E-state index is 10.8. The maximum Gasteiger partial charge on any atom is 0.305 e. The zero-order valence-electron chi connectivity index (χ0n) is 9.00. The van der Waals surface area contributed by atoms with E-state index in [1.807, 2.05) is 0 Å². The van der Waals surface area contributed by atoms with Crippen LogP contribution in [-0.4, -0.2) is 50.8 Å². The maximum absolute atomic E-state index is 10.8. The van der Waals surface area contributed by atoms with Gasteiger partial charge in [0.15, 0.2) is 0 Å². The Bertz CT molecular complexity index is 331. The van der Waals surface area contributed by atoms with Crippen LogP contribution in [0, 0.1) is 0 Å². The highest BCUT2D eigenvalue weighted by atomic mass is 32.2. The van der Waals surface area contributed by atoms with E-state index >= 15 is 0 Å². The van der Waals surface area contributed by atoms with E-state index < -0.39 is 0 Å². The van der Waals surface area contributed by atoms with Gasteiger partial charge in [0.05, 0.1) is 20.3 Å². The topological polar surface area (TPSA) is 90.1 Å². The van der Waals surface area contributed by atoms with Crippen LogP contribution in [0.2, 0.25) is 0 Å². The fourth-order valence-corrected chi connectivity index (χ4v) is 1.86. The summed E-state index contributed by atoms with van der Waals surface area (Å²) in [6, 6.07) is 0. The van der Waals surface area contributed by atoms with E-state index in [9.17, 15) is 4.79 Å². The second-order valence-corrected chi connectivity index (χ2v) is 4.00. The van der Waals surface area contributed by atoms with Gasteiger partial charge in [0.1, 0.15) is 0 Å². The van der Waals surface area contributed by atoms with Gasteiger partial charge in [-0.05, 0) is 16.8 Å². The summed E-state index contributed by atoms with van der Waals surface area (Å²) in [5, 5.41) is 20.4. The molecule has 1 rings (SSSR count). The number of ether oxygens (including phenoxy) is 1. The standard InChI is InChI=1S/C8H14N4O3S/c1-15-7(14)3-2-6-16-8-9-10-11-12(8)4-5-13/h13H,2-6H2,1H3. The molecule has 16 heavy (non-hydrogen) atoms. The zero-order chi connectivity index (χ0) is 11.8. The van der Waals surface area contributed by atoms with Gasteiger partial charge in [-0.25, -0.2) is 4.68 Å². The van der Waals surface area contributed by atoms with E-state index in [4.69, 9.17) is 5.11 Å². The zero-order valence-corrected chi connectivity index (χ0v) is 9.81. The number of rotatable bonds is 7. The lowest BCUT2D eigenvalue weighted by Crippen LogP contribution is -2.06. The molecule has 0 atom stereocenters. The summed E-state index contributed by atoms with van der Waals surface area (Å²) in [5.41, 5.74) is 0. The Morgan fingerprint density at radius 3 is 3.12 bits per heavy atom. The summed E-state index contributed by atoms with van der Waals surface area (Å²) in [6.45, 7) is 0.382. The molecular weight excluding hydrogens is 232 g/mol. The van der Waals surface area contributed by atoms with Gasteiger partial charge in [-0.15, -0.1) is 5.10 Å². The predicted molar refractivity (Wildman–Crippen MR) is 56.9 cm³/mol. The Kier molecular flexibility index (Phi) is 5.79.